The Labute approximate surface area is 121 Å². The van der Waals surface area contributed by atoms with E-state index in [1.807, 2.05) is 17.0 Å². The lowest BCUT2D eigenvalue weighted by molar-refractivity contribution is -0.144. The molecular weight excluding hydrogens is 248 g/mol. The predicted molar refractivity (Wildman–Crippen MR) is 81.2 cm³/mol. The van der Waals surface area contributed by atoms with E-state index in [1.165, 1.54) is 24.8 Å². The molecule has 1 saturated carbocycles. The van der Waals surface area contributed by atoms with Crippen LogP contribution in [0.3, 0.4) is 0 Å². The highest BCUT2D eigenvalue weighted by Crippen LogP contribution is 2.38. The third kappa shape index (κ3) is 2.30. The number of benzene rings is 1. The van der Waals surface area contributed by atoms with Gasteiger partial charge in [-0.3, -0.25) is 4.79 Å². The van der Waals surface area contributed by atoms with Gasteiger partial charge in [0.25, 0.3) is 0 Å². The van der Waals surface area contributed by atoms with Crippen LogP contribution in [0.25, 0.3) is 0 Å². The summed E-state index contributed by atoms with van der Waals surface area (Å²) in [5.41, 5.74) is 9.23. The van der Waals surface area contributed by atoms with Crippen LogP contribution in [-0.4, -0.2) is 17.4 Å². The number of nitrogen functional groups attached to an aromatic ring is 1. The normalized spacial score (nSPS) is 21.4. The van der Waals surface area contributed by atoms with Gasteiger partial charge in [-0.05, 0) is 36.5 Å². The summed E-state index contributed by atoms with van der Waals surface area (Å²) in [7, 11) is 0. The number of hydrogen-bond donors (Lipinski definition) is 1. The first-order valence-electron chi connectivity index (χ1n) is 7.76. The average Bonchev–Trinajstić information content (AvgIpc) is 2.47. The van der Waals surface area contributed by atoms with E-state index in [1.54, 1.807) is 0 Å². The van der Waals surface area contributed by atoms with Gasteiger partial charge in [0.2, 0.25) is 5.91 Å². The fourth-order valence-corrected chi connectivity index (χ4v) is 3.71. The van der Waals surface area contributed by atoms with Crippen molar-refractivity contribution in [3.8, 4) is 0 Å². The molecule has 3 nitrogen and oxygen atoms in total. The van der Waals surface area contributed by atoms with Gasteiger partial charge in [0.05, 0.1) is 0 Å². The van der Waals surface area contributed by atoms with Crippen molar-refractivity contribution in [1.29, 1.82) is 0 Å². The summed E-state index contributed by atoms with van der Waals surface area (Å²) in [5.74, 6) is 0.339. The summed E-state index contributed by atoms with van der Waals surface area (Å²) in [6, 6.07) is 6.08. The second kappa shape index (κ2) is 5.12. The third-order valence-electron chi connectivity index (χ3n) is 5.07. The van der Waals surface area contributed by atoms with Crippen molar-refractivity contribution in [1.82, 2.24) is 4.90 Å². The maximum Gasteiger partial charge on any atom is 0.228 e. The molecule has 0 radical (unpaired) electrons. The Balaban J connectivity index is 1.79. The first kappa shape index (κ1) is 13.5. The lowest BCUT2D eigenvalue weighted by Gasteiger charge is -2.39. The lowest BCUT2D eigenvalue weighted by Crippen LogP contribution is -2.45. The number of nitrogens with zero attached hydrogens (tertiary/aromatic N) is 1. The van der Waals surface area contributed by atoms with E-state index in [2.05, 4.69) is 13.0 Å². The molecular formula is C17H24N2O. The maximum absolute atomic E-state index is 12.9. The van der Waals surface area contributed by atoms with Crippen LogP contribution in [0.2, 0.25) is 0 Å². The molecule has 0 atom stereocenters. The third-order valence-corrected chi connectivity index (χ3v) is 5.07. The van der Waals surface area contributed by atoms with Crippen molar-refractivity contribution in [3.63, 3.8) is 0 Å². The molecule has 20 heavy (non-hydrogen) atoms. The Bertz CT molecular complexity index is 518. The van der Waals surface area contributed by atoms with Gasteiger partial charge in [-0.2, -0.15) is 0 Å². The smallest absolute Gasteiger partial charge is 0.228 e. The van der Waals surface area contributed by atoms with Crippen molar-refractivity contribution >= 4 is 11.6 Å². The molecule has 2 N–H and O–H groups in total. The van der Waals surface area contributed by atoms with Crippen LogP contribution in [0.4, 0.5) is 5.69 Å². The molecule has 1 fully saturated rings. The Hall–Kier alpha value is -1.51. The molecule has 1 aliphatic carbocycles. The van der Waals surface area contributed by atoms with Crippen molar-refractivity contribution in [2.45, 2.75) is 52.0 Å². The fourth-order valence-electron chi connectivity index (χ4n) is 3.71. The van der Waals surface area contributed by atoms with Gasteiger partial charge in [-0.15, -0.1) is 0 Å². The number of rotatable bonds is 1. The molecule has 1 heterocycles. The number of nitrogens with two attached hydrogens (primary N) is 1. The topological polar surface area (TPSA) is 46.3 Å². The molecule has 3 heteroatoms. The van der Waals surface area contributed by atoms with Gasteiger partial charge >= 0.3 is 0 Å². The molecule has 0 spiro atoms. The fraction of sp³-hybridized carbons (Fsp3) is 0.588. The minimum atomic E-state index is -0.140. The van der Waals surface area contributed by atoms with Crippen molar-refractivity contribution < 1.29 is 4.79 Å². The molecule has 3 rings (SSSR count). The number of hydrogen-bond acceptors (Lipinski definition) is 2. The molecule has 108 valence electrons. The minimum Gasteiger partial charge on any atom is -0.398 e. The maximum atomic E-state index is 12.9. The highest BCUT2D eigenvalue weighted by molar-refractivity contribution is 5.83. The van der Waals surface area contributed by atoms with Crippen LogP contribution < -0.4 is 5.73 Å². The molecule has 0 saturated heterocycles. The lowest BCUT2D eigenvalue weighted by atomic mass is 9.74. The largest absolute Gasteiger partial charge is 0.398 e. The number of fused-ring (bicyclic) bond motifs is 1. The Morgan fingerprint density at radius 2 is 2.00 bits per heavy atom. The SMILES string of the molecule is CC1(C(=O)N2CCc3cccc(N)c3C2)CCCCC1. The van der Waals surface area contributed by atoms with E-state index >= 15 is 0 Å². The van der Waals surface area contributed by atoms with Gasteiger partial charge in [0, 0.05) is 24.2 Å². The van der Waals surface area contributed by atoms with Gasteiger partial charge in [-0.1, -0.05) is 38.3 Å². The highest BCUT2D eigenvalue weighted by Gasteiger charge is 2.38. The zero-order valence-electron chi connectivity index (χ0n) is 12.3. The van der Waals surface area contributed by atoms with Crippen LogP contribution >= 0.6 is 0 Å². The van der Waals surface area contributed by atoms with Gasteiger partial charge in [0.15, 0.2) is 0 Å². The second-order valence-corrected chi connectivity index (χ2v) is 6.58. The Morgan fingerprint density at radius 1 is 1.25 bits per heavy atom. The minimum absolute atomic E-state index is 0.140. The molecule has 0 aromatic heterocycles. The summed E-state index contributed by atoms with van der Waals surface area (Å²) in [6.45, 7) is 3.68. The van der Waals surface area contributed by atoms with E-state index in [0.29, 0.717) is 12.5 Å². The van der Waals surface area contributed by atoms with Crippen molar-refractivity contribution in [3.05, 3.63) is 29.3 Å². The molecule has 1 amide bonds. The predicted octanol–water partition coefficient (Wildman–Crippen LogP) is 3.12. The van der Waals surface area contributed by atoms with Crippen LogP contribution in [0.5, 0.6) is 0 Å². The highest BCUT2D eigenvalue weighted by atomic mass is 16.2. The number of carbonyl (C=O) groups excluding carboxylic acids is 1. The zero-order chi connectivity index (χ0) is 14.2. The molecule has 1 aliphatic heterocycles. The Morgan fingerprint density at radius 3 is 2.75 bits per heavy atom. The second-order valence-electron chi connectivity index (χ2n) is 6.58. The van der Waals surface area contributed by atoms with Crippen LogP contribution in [0, 0.1) is 5.41 Å². The summed E-state index contributed by atoms with van der Waals surface area (Å²) in [5, 5.41) is 0. The van der Waals surface area contributed by atoms with Gasteiger partial charge in [-0.25, -0.2) is 0 Å². The van der Waals surface area contributed by atoms with Crippen LogP contribution in [0.1, 0.15) is 50.2 Å². The monoisotopic (exact) mass is 272 g/mol. The number of anilines is 1. The van der Waals surface area contributed by atoms with Crippen molar-refractivity contribution in [2.75, 3.05) is 12.3 Å². The summed E-state index contributed by atoms with van der Waals surface area (Å²) < 4.78 is 0. The number of amides is 1. The standard InChI is InChI=1S/C17H24N2O/c1-17(9-3-2-4-10-17)16(20)19-11-8-13-6-5-7-15(18)14(13)12-19/h5-7H,2-4,8-12,18H2,1H3. The van der Waals surface area contributed by atoms with E-state index in [4.69, 9.17) is 5.73 Å². The van der Waals surface area contributed by atoms with Gasteiger partial charge in [0.1, 0.15) is 0 Å². The van der Waals surface area contributed by atoms with E-state index in [9.17, 15) is 4.79 Å². The Kier molecular flexibility index (Phi) is 3.45. The van der Waals surface area contributed by atoms with Crippen LogP contribution in [-0.2, 0) is 17.8 Å². The zero-order valence-corrected chi connectivity index (χ0v) is 12.3. The van der Waals surface area contributed by atoms with Gasteiger partial charge < -0.3 is 10.6 Å². The summed E-state index contributed by atoms with van der Waals surface area (Å²) >= 11 is 0. The molecule has 0 bridgehead atoms. The first-order valence-corrected chi connectivity index (χ1v) is 7.76. The quantitative estimate of drug-likeness (QED) is 0.798. The summed E-state index contributed by atoms with van der Waals surface area (Å²) in [4.78, 5) is 14.9. The van der Waals surface area contributed by atoms with E-state index in [0.717, 1.165) is 37.1 Å². The number of carbonyl (C=O) groups is 1. The van der Waals surface area contributed by atoms with Crippen molar-refractivity contribution in [2.24, 2.45) is 5.41 Å². The summed E-state index contributed by atoms with van der Waals surface area (Å²) in [6.07, 6.45) is 6.67. The average molecular weight is 272 g/mol. The molecule has 1 aromatic carbocycles. The molecule has 2 aliphatic rings. The van der Waals surface area contributed by atoms with E-state index < -0.39 is 0 Å². The first-order chi connectivity index (χ1) is 9.60. The molecule has 0 unspecified atom stereocenters. The van der Waals surface area contributed by atoms with Crippen LogP contribution in [0.15, 0.2) is 18.2 Å². The van der Waals surface area contributed by atoms with E-state index in [-0.39, 0.29) is 5.41 Å². The molecule has 1 aromatic rings.